The Morgan fingerprint density at radius 2 is 1.69 bits per heavy atom. The third kappa shape index (κ3) is 5.34. The lowest BCUT2D eigenvalue weighted by atomic mass is 10.0. The second-order valence-electron chi connectivity index (χ2n) is 8.23. The molecule has 0 saturated heterocycles. The van der Waals surface area contributed by atoms with Crippen LogP contribution in [0.4, 0.5) is 10.1 Å². The standard InChI is InChI=1S/C27H27FN4OS.C2H6/c1-4-15-31(16-5-2)24-13-14-30-27-25(24)23(22-8-6-7-20(17-29)26(22)28)18-32(27)34(33)21-11-9-19(3)10-12-21;1-2/h6-14,18H,4-5,15-16H2,1-3H3;1-2H3. The molecule has 1 unspecified atom stereocenters. The van der Waals surface area contributed by atoms with Crippen LogP contribution in [0.3, 0.4) is 0 Å². The van der Waals surface area contributed by atoms with Gasteiger partial charge in [0.1, 0.15) is 11.9 Å². The van der Waals surface area contributed by atoms with Gasteiger partial charge in [-0.3, -0.25) is 0 Å². The van der Waals surface area contributed by atoms with E-state index in [0.29, 0.717) is 21.7 Å². The van der Waals surface area contributed by atoms with Gasteiger partial charge in [-0.25, -0.2) is 17.6 Å². The van der Waals surface area contributed by atoms with E-state index in [4.69, 9.17) is 0 Å². The summed E-state index contributed by atoms with van der Waals surface area (Å²) < 4.78 is 30.6. The molecule has 0 N–H and O–H groups in total. The monoisotopic (exact) mass is 504 g/mol. The van der Waals surface area contributed by atoms with Crippen molar-refractivity contribution in [3.8, 4) is 17.2 Å². The Kier molecular flexibility index (Phi) is 9.38. The summed E-state index contributed by atoms with van der Waals surface area (Å²) in [7, 11) is -1.58. The third-order valence-corrected chi connectivity index (χ3v) is 7.08. The van der Waals surface area contributed by atoms with Crippen LogP contribution in [-0.4, -0.2) is 26.3 Å². The van der Waals surface area contributed by atoms with E-state index in [1.165, 1.54) is 6.07 Å². The molecule has 0 aliphatic rings. The summed E-state index contributed by atoms with van der Waals surface area (Å²) in [4.78, 5) is 7.48. The van der Waals surface area contributed by atoms with E-state index in [2.05, 4.69) is 23.7 Å². The van der Waals surface area contributed by atoms with Crippen LogP contribution < -0.4 is 4.90 Å². The van der Waals surface area contributed by atoms with Gasteiger partial charge in [-0.1, -0.05) is 57.5 Å². The van der Waals surface area contributed by atoms with Crippen LogP contribution in [0.15, 0.2) is 65.8 Å². The Bertz CT molecular complexity index is 1380. The van der Waals surface area contributed by atoms with Crippen LogP contribution in [0.1, 0.15) is 51.7 Å². The predicted octanol–water partition coefficient (Wildman–Crippen LogP) is 7.25. The van der Waals surface area contributed by atoms with Crippen LogP contribution in [0.5, 0.6) is 0 Å². The van der Waals surface area contributed by atoms with Crippen molar-refractivity contribution in [2.45, 2.75) is 52.4 Å². The minimum absolute atomic E-state index is 0.0255. The van der Waals surface area contributed by atoms with Gasteiger partial charge in [-0.2, -0.15) is 5.26 Å². The number of pyridine rings is 1. The number of nitrogens with zero attached hydrogens (tertiary/aromatic N) is 4. The smallest absolute Gasteiger partial charge is 0.158 e. The fourth-order valence-electron chi connectivity index (χ4n) is 4.19. The minimum Gasteiger partial charge on any atom is -0.371 e. The Labute approximate surface area is 215 Å². The van der Waals surface area contributed by atoms with Crippen molar-refractivity contribution in [1.82, 2.24) is 8.96 Å². The van der Waals surface area contributed by atoms with Crippen molar-refractivity contribution in [3.05, 3.63) is 77.9 Å². The first kappa shape index (κ1) is 27.1. The topological polar surface area (TPSA) is 61.9 Å². The number of nitriles is 1. The molecule has 0 aliphatic carbocycles. The van der Waals surface area contributed by atoms with Gasteiger partial charge in [0.2, 0.25) is 0 Å². The molecular formula is C29H33FN4OS. The largest absolute Gasteiger partial charge is 0.371 e. The second-order valence-corrected chi connectivity index (χ2v) is 9.59. The third-order valence-electron chi connectivity index (χ3n) is 5.77. The van der Waals surface area contributed by atoms with Crippen molar-refractivity contribution in [1.29, 1.82) is 5.26 Å². The highest BCUT2D eigenvalue weighted by molar-refractivity contribution is 7.83. The summed E-state index contributed by atoms with van der Waals surface area (Å²) >= 11 is 0. The fourth-order valence-corrected chi connectivity index (χ4v) is 5.28. The van der Waals surface area contributed by atoms with Gasteiger partial charge in [-0.05, 0) is 44.0 Å². The Morgan fingerprint density at radius 1 is 1.03 bits per heavy atom. The van der Waals surface area contributed by atoms with Gasteiger partial charge in [0.05, 0.1) is 15.8 Å². The number of benzene rings is 2. The molecule has 2 heterocycles. The Hall–Kier alpha value is -3.50. The molecule has 0 bridgehead atoms. The Morgan fingerprint density at radius 3 is 2.31 bits per heavy atom. The van der Waals surface area contributed by atoms with Crippen molar-refractivity contribution >= 4 is 27.7 Å². The zero-order chi connectivity index (χ0) is 26.2. The van der Waals surface area contributed by atoms with Crippen LogP contribution >= 0.6 is 0 Å². The summed E-state index contributed by atoms with van der Waals surface area (Å²) in [6.07, 6.45) is 5.32. The van der Waals surface area contributed by atoms with E-state index < -0.39 is 16.8 Å². The molecule has 5 nitrogen and oxygen atoms in total. The summed E-state index contributed by atoms with van der Waals surface area (Å²) in [6, 6.07) is 16.1. The minimum atomic E-state index is -1.58. The van der Waals surface area contributed by atoms with Crippen LogP contribution in [0.2, 0.25) is 0 Å². The lowest BCUT2D eigenvalue weighted by molar-refractivity contribution is 0.627. The van der Waals surface area contributed by atoms with E-state index in [0.717, 1.165) is 42.6 Å². The molecule has 2 aromatic carbocycles. The SMILES string of the molecule is CC.CCCN(CCC)c1ccnc2c1c(-c1cccc(C#N)c1F)cn2S(=O)c1ccc(C)cc1. The normalized spacial score (nSPS) is 11.5. The number of hydrogen-bond donors (Lipinski definition) is 0. The highest BCUT2D eigenvalue weighted by atomic mass is 32.2. The molecule has 0 amide bonds. The highest BCUT2D eigenvalue weighted by Gasteiger charge is 2.23. The average Bonchev–Trinajstić information content (AvgIpc) is 3.29. The molecule has 4 aromatic rings. The van der Waals surface area contributed by atoms with E-state index in [-0.39, 0.29) is 5.56 Å². The maximum absolute atomic E-state index is 15.4. The van der Waals surface area contributed by atoms with Gasteiger partial charge in [0, 0.05) is 42.3 Å². The first-order chi connectivity index (χ1) is 17.5. The number of hydrogen-bond acceptors (Lipinski definition) is 4. The second kappa shape index (κ2) is 12.5. The highest BCUT2D eigenvalue weighted by Crippen LogP contribution is 2.39. The number of rotatable bonds is 8. The molecule has 2 aromatic heterocycles. The molecule has 0 saturated carbocycles. The number of anilines is 1. The van der Waals surface area contributed by atoms with E-state index in [1.54, 1.807) is 28.5 Å². The molecule has 36 heavy (non-hydrogen) atoms. The zero-order valence-electron chi connectivity index (χ0n) is 21.6. The lowest BCUT2D eigenvalue weighted by Gasteiger charge is -2.25. The Balaban J connectivity index is 0.00000176. The fraction of sp³-hybridized carbons (Fsp3) is 0.310. The van der Waals surface area contributed by atoms with Crippen molar-refractivity contribution in [3.63, 3.8) is 0 Å². The molecule has 0 fully saturated rings. The molecular weight excluding hydrogens is 471 g/mol. The maximum atomic E-state index is 15.4. The zero-order valence-corrected chi connectivity index (χ0v) is 22.4. The summed E-state index contributed by atoms with van der Waals surface area (Å²) in [5.74, 6) is -0.586. The van der Waals surface area contributed by atoms with Crippen molar-refractivity contribution in [2.75, 3.05) is 18.0 Å². The molecule has 1 atom stereocenters. The van der Waals surface area contributed by atoms with E-state index in [9.17, 15) is 9.47 Å². The summed E-state index contributed by atoms with van der Waals surface area (Å²) in [6.45, 7) is 11.9. The molecule has 7 heteroatoms. The van der Waals surface area contributed by atoms with Crippen LogP contribution in [0.25, 0.3) is 22.2 Å². The predicted molar refractivity (Wildman–Crippen MR) is 147 cm³/mol. The number of aromatic nitrogens is 2. The summed E-state index contributed by atoms with van der Waals surface area (Å²) in [5, 5.41) is 10.1. The number of fused-ring (bicyclic) bond motifs is 1. The quantitative estimate of drug-likeness (QED) is 0.254. The van der Waals surface area contributed by atoms with E-state index >= 15 is 4.39 Å². The maximum Gasteiger partial charge on any atom is 0.158 e. The van der Waals surface area contributed by atoms with Gasteiger partial charge in [0.15, 0.2) is 16.6 Å². The number of halogens is 1. The van der Waals surface area contributed by atoms with E-state index in [1.807, 2.05) is 57.2 Å². The van der Waals surface area contributed by atoms with Gasteiger partial charge >= 0.3 is 0 Å². The number of aryl methyl sites for hydroxylation is 1. The molecule has 0 radical (unpaired) electrons. The van der Waals surface area contributed by atoms with Gasteiger partial charge < -0.3 is 4.90 Å². The first-order valence-corrected chi connectivity index (χ1v) is 13.5. The molecule has 4 rings (SSSR count). The molecule has 0 aliphatic heterocycles. The lowest BCUT2D eigenvalue weighted by Crippen LogP contribution is -2.25. The van der Waals surface area contributed by atoms with Gasteiger partial charge in [-0.15, -0.1) is 0 Å². The average molecular weight is 505 g/mol. The van der Waals surface area contributed by atoms with Crippen molar-refractivity contribution in [2.24, 2.45) is 0 Å². The van der Waals surface area contributed by atoms with Crippen LogP contribution in [-0.2, 0) is 11.0 Å². The molecule has 0 spiro atoms. The first-order valence-electron chi connectivity index (χ1n) is 12.4. The van der Waals surface area contributed by atoms with Gasteiger partial charge in [0.25, 0.3) is 0 Å². The summed E-state index contributed by atoms with van der Waals surface area (Å²) in [5.41, 5.74) is 3.36. The van der Waals surface area contributed by atoms with Crippen molar-refractivity contribution < 1.29 is 8.60 Å². The van der Waals surface area contributed by atoms with Crippen LogP contribution in [0, 0.1) is 24.1 Å². The molecule has 188 valence electrons.